The largest absolute Gasteiger partial charge is 0.496 e. The monoisotopic (exact) mass is 342 g/mol. The number of hydrogen-bond acceptors (Lipinski definition) is 3. The Morgan fingerprint density at radius 1 is 1.40 bits per heavy atom. The second-order valence-electron chi connectivity index (χ2n) is 6.79. The number of likely N-dealkylation sites (tertiary alicyclic amines) is 1. The number of methoxy groups -OCH3 is 1. The maximum Gasteiger partial charge on any atom is 0.317 e. The molecule has 25 heavy (non-hydrogen) atoms. The fraction of sp³-hybridized carbons (Fsp3) is 0.474. The van der Waals surface area contributed by atoms with Gasteiger partial charge < -0.3 is 15.0 Å². The average molecular weight is 342 g/mol. The second kappa shape index (κ2) is 7.59. The Balaban J connectivity index is 1.48. The van der Waals surface area contributed by atoms with Gasteiger partial charge in [0, 0.05) is 32.9 Å². The standard InChI is InChI=1S/C19H26N4O2/c1-14-8-15(4-5-18(14)25-3)10-20-19(24)23-7-6-16(13-23)9-17-11-21-22(2)12-17/h4-5,8,11-12,16H,6-7,9-10,13H2,1-3H3,(H,20,24)/t16-/m0/s1. The number of rotatable bonds is 5. The van der Waals surface area contributed by atoms with E-state index >= 15 is 0 Å². The Hall–Kier alpha value is -2.50. The summed E-state index contributed by atoms with van der Waals surface area (Å²) in [6.07, 6.45) is 5.99. The van der Waals surface area contributed by atoms with E-state index in [1.807, 2.05) is 47.9 Å². The lowest BCUT2D eigenvalue weighted by Gasteiger charge is -2.17. The molecule has 1 fully saturated rings. The van der Waals surface area contributed by atoms with Crippen molar-refractivity contribution in [1.82, 2.24) is 20.0 Å². The number of ether oxygens (including phenoxy) is 1. The van der Waals surface area contributed by atoms with Gasteiger partial charge in [-0.25, -0.2) is 4.79 Å². The molecular formula is C19H26N4O2. The molecule has 6 nitrogen and oxygen atoms in total. The molecule has 0 aliphatic carbocycles. The summed E-state index contributed by atoms with van der Waals surface area (Å²) in [7, 11) is 3.60. The van der Waals surface area contributed by atoms with Crippen LogP contribution >= 0.6 is 0 Å². The van der Waals surface area contributed by atoms with Gasteiger partial charge in [0.2, 0.25) is 0 Å². The summed E-state index contributed by atoms with van der Waals surface area (Å²) in [5, 5.41) is 7.23. The van der Waals surface area contributed by atoms with Gasteiger partial charge in [0.25, 0.3) is 0 Å². The molecule has 2 aromatic rings. The molecule has 1 aliphatic heterocycles. The first-order valence-electron chi connectivity index (χ1n) is 8.69. The van der Waals surface area contributed by atoms with E-state index in [4.69, 9.17) is 4.74 Å². The number of benzene rings is 1. The van der Waals surface area contributed by atoms with Gasteiger partial charge in [-0.2, -0.15) is 5.10 Å². The highest BCUT2D eigenvalue weighted by Gasteiger charge is 2.26. The van der Waals surface area contributed by atoms with Crippen molar-refractivity contribution < 1.29 is 9.53 Å². The summed E-state index contributed by atoms with van der Waals surface area (Å²) < 4.78 is 7.09. The molecule has 1 aromatic carbocycles. The summed E-state index contributed by atoms with van der Waals surface area (Å²) in [6, 6.07) is 5.99. The van der Waals surface area contributed by atoms with E-state index in [1.165, 1.54) is 5.56 Å². The van der Waals surface area contributed by atoms with Crippen LogP contribution in [-0.4, -0.2) is 40.9 Å². The molecular weight excluding hydrogens is 316 g/mol. The molecule has 1 saturated heterocycles. The van der Waals surface area contributed by atoms with Gasteiger partial charge >= 0.3 is 6.03 Å². The first-order valence-corrected chi connectivity index (χ1v) is 8.69. The van der Waals surface area contributed by atoms with Crippen molar-refractivity contribution in [2.24, 2.45) is 13.0 Å². The summed E-state index contributed by atoms with van der Waals surface area (Å²) >= 11 is 0. The minimum atomic E-state index is 0.0159. The van der Waals surface area contributed by atoms with Crippen LogP contribution in [0.3, 0.4) is 0 Å². The smallest absolute Gasteiger partial charge is 0.317 e. The van der Waals surface area contributed by atoms with Crippen LogP contribution < -0.4 is 10.1 Å². The molecule has 3 rings (SSSR count). The van der Waals surface area contributed by atoms with Crippen LogP contribution in [-0.2, 0) is 20.0 Å². The number of nitrogens with one attached hydrogen (secondary N) is 1. The number of carbonyl (C=O) groups excluding carboxylic acids is 1. The zero-order chi connectivity index (χ0) is 17.8. The van der Waals surface area contributed by atoms with Crippen molar-refractivity contribution in [1.29, 1.82) is 0 Å². The van der Waals surface area contributed by atoms with E-state index in [0.29, 0.717) is 12.5 Å². The molecule has 0 spiro atoms. The van der Waals surface area contributed by atoms with Crippen molar-refractivity contribution in [3.63, 3.8) is 0 Å². The average Bonchev–Trinajstić information content (AvgIpc) is 3.22. The van der Waals surface area contributed by atoms with Gasteiger partial charge in [-0.3, -0.25) is 4.68 Å². The number of carbonyl (C=O) groups is 1. The molecule has 134 valence electrons. The van der Waals surface area contributed by atoms with Gasteiger partial charge in [0.1, 0.15) is 5.75 Å². The summed E-state index contributed by atoms with van der Waals surface area (Å²) in [5.74, 6) is 1.38. The Kier molecular flexibility index (Phi) is 5.26. The predicted octanol–water partition coefficient (Wildman–Crippen LogP) is 2.51. The second-order valence-corrected chi connectivity index (χ2v) is 6.79. The fourth-order valence-corrected chi connectivity index (χ4v) is 3.43. The van der Waals surface area contributed by atoms with E-state index in [1.54, 1.807) is 7.11 Å². The van der Waals surface area contributed by atoms with Crippen LogP contribution in [0.4, 0.5) is 4.79 Å². The molecule has 2 amide bonds. The number of aryl methyl sites for hydroxylation is 2. The molecule has 6 heteroatoms. The fourth-order valence-electron chi connectivity index (χ4n) is 3.43. The Morgan fingerprint density at radius 2 is 2.24 bits per heavy atom. The maximum atomic E-state index is 12.4. The molecule has 1 N–H and O–H groups in total. The Morgan fingerprint density at radius 3 is 2.92 bits per heavy atom. The molecule has 1 atom stereocenters. The highest BCUT2D eigenvalue weighted by molar-refractivity contribution is 5.74. The maximum absolute atomic E-state index is 12.4. The van der Waals surface area contributed by atoms with Crippen LogP contribution in [0.2, 0.25) is 0 Å². The number of amides is 2. The van der Waals surface area contributed by atoms with E-state index in [0.717, 1.165) is 42.8 Å². The van der Waals surface area contributed by atoms with Crippen LogP contribution in [0.5, 0.6) is 5.75 Å². The first-order chi connectivity index (χ1) is 12.0. The quantitative estimate of drug-likeness (QED) is 0.908. The van der Waals surface area contributed by atoms with Crippen LogP contribution in [0, 0.1) is 12.8 Å². The number of urea groups is 1. The third-order valence-electron chi connectivity index (χ3n) is 4.76. The molecule has 0 unspecified atom stereocenters. The Bertz CT molecular complexity index is 741. The van der Waals surface area contributed by atoms with Crippen LogP contribution in [0.1, 0.15) is 23.1 Å². The van der Waals surface area contributed by atoms with Crippen molar-refractivity contribution in [3.8, 4) is 5.75 Å². The van der Waals surface area contributed by atoms with Gasteiger partial charge in [-0.1, -0.05) is 12.1 Å². The van der Waals surface area contributed by atoms with Gasteiger partial charge in [-0.05, 0) is 48.4 Å². The molecule has 1 aliphatic rings. The summed E-state index contributed by atoms with van der Waals surface area (Å²) in [5.41, 5.74) is 3.40. The van der Waals surface area contributed by atoms with Crippen LogP contribution in [0.15, 0.2) is 30.6 Å². The van der Waals surface area contributed by atoms with Gasteiger partial charge in [0.15, 0.2) is 0 Å². The van der Waals surface area contributed by atoms with E-state index in [9.17, 15) is 4.79 Å². The van der Waals surface area contributed by atoms with Crippen LogP contribution in [0.25, 0.3) is 0 Å². The normalized spacial score (nSPS) is 16.9. The lowest BCUT2D eigenvalue weighted by atomic mass is 10.0. The third kappa shape index (κ3) is 4.32. The SMILES string of the molecule is COc1ccc(CNC(=O)N2CC[C@@H](Cc3cnn(C)c3)C2)cc1C. The molecule has 0 saturated carbocycles. The van der Waals surface area contributed by atoms with E-state index in [-0.39, 0.29) is 6.03 Å². The minimum absolute atomic E-state index is 0.0159. The van der Waals surface area contributed by atoms with Gasteiger partial charge in [-0.15, -0.1) is 0 Å². The summed E-state index contributed by atoms with van der Waals surface area (Å²) in [6.45, 7) is 4.17. The molecule has 0 radical (unpaired) electrons. The third-order valence-corrected chi connectivity index (χ3v) is 4.76. The Labute approximate surface area is 148 Å². The predicted molar refractivity (Wildman–Crippen MR) is 96.6 cm³/mol. The van der Waals surface area contributed by atoms with Gasteiger partial charge in [0.05, 0.1) is 13.3 Å². The molecule has 2 heterocycles. The first kappa shape index (κ1) is 17.3. The van der Waals surface area contributed by atoms with Crippen molar-refractivity contribution in [3.05, 3.63) is 47.3 Å². The minimum Gasteiger partial charge on any atom is -0.496 e. The topological polar surface area (TPSA) is 59.4 Å². The summed E-state index contributed by atoms with van der Waals surface area (Å²) in [4.78, 5) is 14.3. The van der Waals surface area contributed by atoms with Crippen molar-refractivity contribution in [2.75, 3.05) is 20.2 Å². The van der Waals surface area contributed by atoms with Crippen molar-refractivity contribution in [2.45, 2.75) is 26.3 Å². The van der Waals surface area contributed by atoms with E-state index < -0.39 is 0 Å². The number of aromatic nitrogens is 2. The zero-order valence-electron chi connectivity index (χ0n) is 15.2. The van der Waals surface area contributed by atoms with Crippen molar-refractivity contribution >= 4 is 6.03 Å². The highest BCUT2D eigenvalue weighted by Crippen LogP contribution is 2.21. The number of nitrogens with zero attached hydrogens (tertiary/aromatic N) is 3. The number of hydrogen-bond donors (Lipinski definition) is 1. The lowest BCUT2D eigenvalue weighted by Crippen LogP contribution is -2.38. The zero-order valence-corrected chi connectivity index (χ0v) is 15.2. The molecule has 1 aromatic heterocycles. The highest BCUT2D eigenvalue weighted by atomic mass is 16.5. The molecule has 0 bridgehead atoms. The lowest BCUT2D eigenvalue weighted by molar-refractivity contribution is 0.206. The van der Waals surface area contributed by atoms with E-state index in [2.05, 4.69) is 16.6 Å².